The Morgan fingerprint density at radius 1 is 1.47 bits per heavy atom. The molecule has 0 unspecified atom stereocenters. The van der Waals surface area contributed by atoms with Gasteiger partial charge in [-0.2, -0.15) is 0 Å². The number of thiocarbonyl (C=S) groups is 1. The maximum Gasteiger partial charge on any atom is 0.245 e. The van der Waals surface area contributed by atoms with E-state index in [1.165, 1.54) is 5.01 Å². The summed E-state index contributed by atoms with van der Waals surface area (Å²) in [5, 5.41) is 1.42. The molecule has 0 fully saturated rings. The zero-order valence-corrected chi connectivity index (χ0v) is 9.25. The molecule has 0 spiro atoms. The Morgan fingerprint density at radius 3 is 2.53 bits per heavy atom. The predicted octanol–water partition coefficient (Wildman–Crippen LogP) is 1.18. The van der Waals surface area contributed by atoms with Crippen LogP contribution in [-0.2, 0) is 4.79 Å². The number of benzene rings is 1. The first-order valence-electron chi connectivity index (χ1n) is 4.59. The third-order valence-electron chi connectivity index (χ3n) is 1.79. The average molecular weight is 223 g/mol. The average Bonchev–Trinajstić information content (AvgIpc) is 2.26. The van der Waals surface area contributed by atoms with Gasteiger partial charge in [0, 0.05) is 6.42 Å². The van der Waals surface area contributed by atoms with E-state index >= 15 is 0 Å². The number of hydrazine groups is 1. The number of nitrogens with two attached hydrogens (primary N) is 1. The quantitative estimate of drug-likeness (QED) is 0.584. The van der Waals surface area contributed by atoms with E-state index in [9.17, 15) is 4.79 Å². The SMILES string of the molecule is CCC(=O)N(NC(N)=S)c1ccccc1. The summed E-state index contributed by atoms with van der Waals surface area (Å²) in [6.45, 7) is 1.78. The minimum atomic E-state index is -0.0889. The van der Waals surface area contributed by atoms with Gasteiger partial charge in [0.25, 0.3) is 0 Å². The number of carbonyl (C=O) groups excluding carboxylic acids is 1. The van der Waals surface area contributed by atoms with Crippen molar-refractivity contribution in [3.05, 3.63) is 30.3 Å². The van der Waals surface area contributed by atoms with Gasteiger partial charge in [-0.3, -0.25) is 10.2 Å². The molecule has 3 N–H and O–H groups in total. The van der Waals surface area contributed by atoms with Crippen LogP contribution < -0.4 is 16.2 Å². The molecule has 1 aromatic rings. The van der Waals surface area contributed by atoms with Crippen molar-refractivity contribution in [3.63, 3.8) is 0 Å². The van der Waals surface area contributed by atoms with Gasteiger partial charge in [-0.25, -0.2) is 5.01 Å². The molecular weight excluding hydrogens is 210 g/mol. The fourth-order valence-corrected chi connectivity index (χ4v) is 1.21. The van der Waals surface area contributed by atoms with Crippen LogP contribution in [0.5, 0.6) is 0 Å². The molecule has 1 rings (SSSR count). The van der Waals surface area contributed by atoms with Crippen LogP contribution >= 0.6 is 12.2 Å². The molecule has 15 heavy (non-hydrogen) atoms. The Labute approximate surface area is 94.0 Å². The standard InChI is InChI=1S/C10H13N3OS/c1-2-9(14)13(12-10(11)15)8-6-4-3-5-7-8/h3-7H,2H2,1H3,(H3,11,12,15). The first-order chi connectivity index (χ1) is 7.15. The Bertz CT molecular complexity index is 353. The topological polar surface area (TPSA) is 58.4 Å². The molecule has 0 aliphatic carbocycles. The third-order valence-corrected chi connectivity index (χ3v) is 1.88. The molecule has 0 saturated heterocycles. The highest BCUT2D eigenvalue weighted by Crippen LogP contribution is 2.11. The summed E-state index contributed by atoms with van der Waals surface area (Å²) in [4.78, 5) is 11.6. The number of para-hydroxylation sites is 1. The van der Waals surface area contributed by atoms with Crippen molar-refractivity contribution in [3.8, 4) is 0 Å². The van der Waals surface area contributed by atoms with E-state index in [2.05, 4.69) is 5.43 Å². The molecule has 0 bridgehead atoms. The van der Waals surface area contributed by atoms with Gasteiger partial charge >= 0.3 is 0 Å². The van der Waals surface area contributed by atoms with E-state index in [4.69, 9.17) is 18.0 Å². The zero-order chi connectivity index (χ0) is 11.3. The van der Waals surface area contributed by atoms with Crippen molar-refractivity contribution in [1.82, 2.24) is 5.43 Å². The van der Waals surface area contributed by atoms with E-state index in [0.29, 0.717) is 6.42 Å². The lowest BCUT2D eigenvalue weighted by molar-refractivity contribution is -0.118. The minimum Gasteiger partial charge on any atom is -0.375 e. The second-order valence-electron chi connectivity index (χ2n) is 2.89. The Hall–Kier alpha value is -1.62. The van der Waals surface area contributed by atoms with Gasteiger partial charge in [-0.05, 0) is 24.4 Å². The maximum atomic E-state index is 11.6. The second-order valence-corrected chi connectivity index (χ2v) is 3.33. The normalized spacial score (nSPS) is 9.40. The molecule has 0 aromatic heterocycles. The number of rotatable bonds is 2. The van der Waals surface area contributed by atoms with Crippen LogP contribution in [0.2, 0.25) is 0 Å². The van der Waals surface area contributed by atoms with Crippen LogP contribution in [0.4, 0.5) is 5.69 Å². The predicted molar refractivity (Wildman–Crippen MR) is 64.1 cm³/mol. The van der Waals surface area contributed by atoms with E-state index < -0.39 is 0 Å². The summed E-state index contributed by atoms with van der Waals surface area (Å²) in [6.07, 6.45) is 0.379. The molecule has 5 heteroatoms. The second kappa shape index (κ2) is 5.31. The number of anilines is 1. The molecule has 80 valence electrons. The Kier molecular flexibility index (Phi) is 4.05. The van der Waals surface area contributed by atoms with Crippen LogP contribution in [0.1, 0.15) is 13.3 Å². The van der Waals surface area contributed by atoms with Crippen molar-refractivity contribution in [2.45, 2.75) is 13.3 Å². The van der Waals surface area contributed by atoms with Gasteiger partial charge in [-0.1, -0.05) is 25.1 Å². The first kappa shape index (κ1) is 11.5. The van der Waals surface area contributed by atoms with Crippen LogP contribution in [0.3, 0.4) is 0 Å². The van der Waals surface area contributed by atoms with Gasteiger partial charge < -0.3 is 5.73 Å². The van der Waals surface area contributed by atoms with E-state index in [1.807, 2.05) is 18.2 Å². The molecule has 1 amide bonds. The van der Waals surface area contributed by atoms with Crippen molar-refractivity contribution in [2.75, 3.05) is 5.01 Å². The van der Waals surface area contributed by atoms with Crippen molar-refractivity contribution in [1.29, 1.82) is 0 Å². The molecule has 0 aliphatic rings. The summed E-state index contributed by atoms with van der Waals surface area (Å²) < 4.78 is 0. The summed E-state index contributed by atoms with van der Waals surface area (Å²) in [6, 6.07) is 9.16. The molecular formula is C10H13N3OS. The van der Waals surface area contributed by atoms with Gasteiger partial charge in [0.15, 0.2) is 5.11 Å². The number of carbonyl (C=O) groups is 1. The molecule has 0 aliphatic heterocycles. The number of nitrogens with zero attached hydrogens (tertiary/aromatic N) is 1. The minimum absolute atomic E-state index is 0.0700. The van der Waals surface area contributed by atoms with Gasteiger partial charge in [0.2, 0.25) is 5.91 Å². The van der Waals surface area contributed by atoms with Crippen molar-refractivity contribution in [2.24, 2.45) is 5.73 Å². The van der Waals surface area contributed by atoms with E-state index in [1.54, 1.807) is 19.1 Å². The molecule has 0 saturated carbocycles. The zero-order valence-electron chi connectivity index (χ0n) is 8.43. The molecule has 4 nitrogen and oxygen atoms in total. The lowest BCUT2D eigenvalue weighted by Gasteiger charge is -2.22. The van der Waals surface area contributed by atoms with Crippen LogP contribution in [0, 0.1) is 0 Å². The number of hydrogen-bond donors (Lipinski definition) is 2. The summed E-state index contributed by atoms with van der Waals surface area (Å²) in [7, 11) is 0. The van der Waals surface area contributed by atoms with Gasteiger partial charge in [-0.15, -0.1) is 0 Å². The van der Waals surface area contributed by atoms with Crippen molar-refractivity contribution >= 4 is 28.9 Å². The molecule has 0 radical (unpaired) electrons. The monoisotopic (exact) mass is 223 g/mol. The highest BCUT2D eigenvalue weighted by molar-refractivity contribution is 7.80. The summed E-state index contributed by atoms with van der Waals surface area (Å²) in [5.74, 6) is -0.0889. The van der Waals surface area contributed by atoms with Crippen LogP contribution in [0.15, 0.2) is 30.3 Å². The maximum absolute atomic E-state index is 11.6. The molecule has 0 atom stereocenters. The fraction of sp³-hybridized carbons (Fsp3) is 0.200. The Morgan fingerprint density at radius 2 is 2.07 bits per heavy atom. The van der Waals surface area contributed by atoms with E-state index in [-0.39, 0.29) is 11.0 Å². The summed E-state index contributed by atoms with van der Waals surface area (Å²) in [5.41, 5.74) is 8.71. The number of hydrogen-bond acceptors (Lipinski definition) is 2. The summed E-state index contributed by atoms with van der Waals surface area (Å²) >= 11 is 4.71. The lowest BCUT2D eigenvalue weighted by atomic mass is 10.3. The van der Waals surface area contributed by atoms with Crippen molar-refractivity contribution < 1.29 is 4.79 Å². The number of amides is 1. The van der Waals surface area contributed by atoms with Gasteiger partial charge in [0.1, 0.15) is 0 Å². The van der Waals surface area contributed by atoms with Crippen LogP contribution in [-0.4, -0.2) is 11.0 Å². The highest BCUT2D eigenvalue weighted by Gasteiger charge is 2.13. The number of nitrogens with one attached hydrogen (secondary N) is 1. The van der Waals surface area contributed by atoms with Crippen LogP contribution in [0.25, 0.3) is 0 Å². The van der Waals surface area contributed by atoms with E-state index in [0.717, 1.165) is 5.69 Å². The molecule has 0 heterocycles. The highest BCUT2D eigenvalue weighted by atomic mass is 32.1. The first-order valence-corrected chi connectivity index (χ1v) is 5.00. The largest absolute Gasteiger partial charge is 0.375 e. The van der Waals surface area contributed by atoms with Gasteiger partial charge in [0.05, 0.1) is 5.69 Å². The Balaban J connectivity index is 2.91. The third kappa shape index (κ3) is 3.21. The lowest BCUT2D eigenvalue weighted by Crippen LogP contribution is -2.48. The smallest absolute Gasteiger partial charge is 0.245 e. The fourth-order valence-electron chi connectivity index (χ4n) is 1.12. The molecule has 1 aromatic carbocycles.